The van der Waals surface area contributed by atoms with Crippen LogP contribution in [0.2, 0.25) is 5.02 Å². The van der Waals surface area contributed by atoms with E-state index in [1.807, 2.05) is 25.1 Å². The van der Waals surface area contributed by atoms with Crippen LogP contribution < -0.4 is 16.4 Å². The first kappa shape index (κ1) is 14.5. The van der Waals surface area contributed by atoms with E-state index >= 15 is 0 Å². The molecule has 0 aliphatic heterocycles. The van der Waals surface area contributed by atoms with E-state index in [-0.39, 0.29) is 30.9 Å². The number of amides is 2. The van der Waals surface area contributed by atoms with Crippen molar-refractivity contribution in [1.29, 1.82) is 0 Å². The van der Waals surface area contributed by atoms with Crippen molar-refractivity contribution < 1.29 is 9.59 Å². The highest BCUT2D eigenvalue weighted by atomic mass is 35.5. The molecule has 0 radical (unpaired) electrons. The van der Waals surface area contributed by atoms with Crippen LogP contribution in [0.25, 0.3) is 0 Å². The summed E-state index contributed by atoms with van der Waals surface area (Å²) < 4.78 is 0. The fraction of sp³-hybridized carbons (Fsp3) is 0.333. The van der Waals surface area contributed by atoms with Crippen LogP contribution in [0.5, 0.6) is 0 Å². The third kappa shape index (κ3) is 4.35. The number of nitrogens with one attached hydrogen (secondary N) is 2. The molecular weight excluding hydrogens is 254 g/mol. The van der Waals surface area contributed by atoms with Crippen molar-refractivity contribution in [2.24, 2.45) is 5.73 Å². The third-order valence-electron chi connectivity index (χ3n) is 2.38. The Hall–Kier alpha value is -1.59. The Bertz CT molecular complexity index is 437. The van der Waals surface area contributed by atoms with Gasteiger partial charge in [0.1, 0.15) is 0 Å². The molecule has 0 aromatic heterocycles. The second-order valence-corrected chi connectivity index (χ2v) is 4.20. The smallest absolute Gasteiger partial charge is 0.239 e. The standard InChI is InChI=1S/C12H16ClN3O2/c1-8(9-4-2-3-5-10(9)13)16-12(18)7-15-11(17)6-14/h2-5,8H,6-7,14H2,1H3,(H,15,17)(H,16,18)/t8-/m1/s1. The summed E-state index contributed by atoms with van der Waals surface area (Å²) in [4.78, 5) is 22.4. The van der Waals surface area contributed by atoms with Gasteiger partial charge in [0.05, 0.1) is 19.1 Å². The zero-order valence-electron chi connectivity index (χ0n) is 10.1. The SMILES string of the molecule is C[C@@H](NC(=O)CNC(=O)CN)c1ccccc1Cl. The monoisotopic (exact) mass is 269 g/mol. The van der Waals surface area contributed by atoms with Gasteiger partial charge in [-0.15, -0.1) is 0 Å². The molecule has 18 heavy (non-hydrogen) atoms. The number of rotatable bonds is 5. The zero-order valence-corrected chi connectivity index (χ0v) is 10.8. The maximum absolute atomic E-state index is 11.5. The molecule has 0 saturated carbocycles. The van der Waals surface area contributed by atoms with Crippen molar-refractivity contribution in [3.63, 3.8) is 0 Å². The van der Waals surface area contributed by atoms with Crippen molar-refractivity contribution in [3.05, 3.63) is 34.9 Å². The van der Waals surface area contributed by atoms with Gasteiger partial charge in [0.25, 0.3) is 0 Å². The molecule has 1 aromatic rings. The van der Waals surface area contributed by atoms with Crippen LogP contribution in [-0.2, 0) is 9.59 Å². The number of halogens is 1. The first-order valence-corrected chi connectivity index (χ1v) is 5.93. The Morgan fingerprint density at radius 3 is 2.61 bits per heavy atom. The number of nitrogens with two attached hydrogens (primary N) is 1. The molecule has 0 bridgehead atoms. The summed E-state index contributed by atoms with van der Waals surface area (Å²) in [5.74, 6) is -0.653. The van der Waals surface area contributed by atoms with E-state index in [4.69, 9.17) is 17.3 Å². The molecule has 1 rings (SSSR count). The van der Waals surface area contributed by atoms with Crippen LogP contribution in [0.3, 0.4) is 0 Å². The summed E-state index contributed by atoms with van der Waals surface area (Å²) in [6, 6.07) is 7.05. The van der Waals surface area contributed by atoms with Crippen molar-refractivity contribution in [3.8, 4) is 0 Å². The Morgan fingerprint density at radius 2 is 2.00 bits per heavy atom. The molecule has 0 unspecified atom stereocenters. The van der Waals surface area contributed by atoms with Crippen molar-refractivity contribution in [2.75, 3.05) is 13.1 Å². The van der Waals surface area contributed by atoms with E-state index in [0.29, 0.717) is 5.02 Å². The van der Waals surface area contributed by atoms with Gasteiger partial charge in [-0.2, -0.15) is 0 Å². The summed E-state index contributed by atoms with van der Waals surface area (Å²) in [6.45, 7) is 1.60. The molecule has 0 fully saturated rings. The molecule has 6 heteroatoms. The minimum atomic E-state index is -0.365. The van der Waals surface area contributed by atoms with E-state index in [1.54, 1.807) is 6.07 Å². The van der Waals surface area contributed by atoms with Crippen LogP contribution >= 0.6 is 11.6 Å². The second kappa shape index (κ2) is 6.98. The molecule has 1 atom stereocenters. The summed E-state index contributed by atoms with van der Waals surface area (Å²) in [7, 11) is 0. The van der Waals surface area contributed by atoms with Gasteiger partial charge in [0.2, 0.25) is 11.8 Å². The molecule has 4 N–H and O–H groups in total. The number of carbonyl (C=O) groups excluding carboxylic acids is 2. The Labute approximate surface area is 111 Å². The van der Waals surface area contributed by atoms with E-state index in [9.17, 15) is 9.59 Å². The van der Waals surface area contributed by atoms with E-state index in [2.05, 4.69) is 10.6 Å². The Kier molecular flexibility index (Phi) is 5.61. The highest BCUT2D eigenvalue weighted by Crippen LogP contribution is 2.21. The summed E-state index contributed by atoms with van der Waals surface area (Å²) in [5, 5.41) is 5.73. The first-order valence-electron chi connectivity index (χ1n) is 5.55. The normalized spacial score (nSPS) is 11.7. The molecule has 0 heterocycles. The lowest BCUT2D eigenvalue weighted by Crippen LogP contribution is -2.40. The fourth-order valence-corrected chi connectivity index (χ4v) is 1.75. The van der Waals surface area contributed by atoms with E-state index < -0.39 is 0 Å². The maximum atomic E-state index is 11.5. The Morgan fingerprint density at radius 1 is 1.33 bits per heavy atom. The number of carbonyl (C=O) groups is 2. The predicted octanol–water partition coefficient (Wildman–Crippen LogP) is 0.592. The minimum Gasteiger partial charge on any atom is -0.348 e. The van der Waals surface area contributed by atoms with Crippen molar-refractivity contribution >= 4 is 23.4 Å². The molecule has 0 aliphatic rings. The Balaban J connectivity index is 2.50. The molecule has 2 amide bonds. The van der Waals surface area contributed by atoms with E-state index in [1.165, 1.54) is 0 Å². The molecule has 0 aliphatic carbocycles. The molecule has 1 aromatic carbocycles. The summed E-state index contributed by atoms with van der Waals surface area (Å²) in [5.41, 5.74) is 5.94. The lowest BCUT2D eigenvalue weighted by atomic mass is 10.1. The molecule has 98 valence electrons. The summed E-state index contributed by atoms with van der Waals surface area (Å²) >= 11 is 6.01. The molecule has 0 spiro atoms. The minimum absolute atomic E-state index is 0.0924. The predicted molar refractivity (Wildman–Crippen MR) is 70.1 cm³/mol. The highest BCUT2D eigenvalue weighted by molar-refractivity contribution is 6.31. The lowest BCUT2D eigenvalue weighted by molar-refractivity contribution is -0.125. The van der Waals surface area contributed by atoms with Gasteiger partial charge in [-0.05, 0) is 18.6 Å². The van der Waals surface area contributed by atoms with Gasteiger partial charge < -0.3 is 16.4 Å². The van der Waals surface area contributed by atoms with Crippen molar-refractivity contribution in [1.82, 2.24) is 10.6 Å². The van der Waals surface area contributed by atoms with Gasteiger partial charge in [-0.1, -0.05) is 29.8 Å². The molecule has 5 nitrogen and oxygen atoms in total. The van der Waals surface area contributed by atoms with E-state index in [0.717, 1.165) is 5.56 Å². The van der Waals surface area contributed by atoms with Crippen LogP contribution in [0.15, 0.2) is 24.3 Å². The number of benzene rings is 1. The van der Waals surface area contributed by atoms with Crippen molar-refractivity contribution in [2.45, 2.75) is 13.0 Å². The van der Waals surface area contributed by atoms with Gasteiger partial charge in [-0.25, -0.2) is 0 Å². The first-order chi connectivity index (χ1) is 8.54. The number of hydrogen-bond acceptors (Lipinski definition) is 3. The second-order valence-electron chi connectivity index (χ2n) is 3.79. The highest BCUT2D eigenvalue weighted by Gasteiger charge is 2.12. The quantitative estimate of drug-likeness (QED) is 0.732. The molecular formula is C12H16ClN3O2. The lowest BCUT2D eigenvalue weighted by Gasteiger charge is -2.15. The van der Waals surface area contributed by atoms with Gasteiger partial charge in [0, 0.05) is 5.02 Å². The number of hydrogen-bond donors (Lipinski definition) is 3. The third-order valence-corrected chi connectivity index (χ3v) is 2.72. The topological polar surface area (TPSA) is 84.2 Å². The average Bonchev–Trinajstić information content (AvgIpc) is 2.36. The van der Waals surface area contributed by atoms with Gasteiger partial charge >= 0.3 is 0 Å². The average molecular weight is 270 g/mol. The fourth-order valence-electron chi connectivity index (χ4n) is 1.45. The van der Waals surface area contributed by atoms with Crippen LogP contribution in [0, 0.1) is 0 Å². The van der Waals surface area contributed by atoms with Crippen LogP contribution in [-0.4, -0.2) is 24.9 Å². The van der Waals surface area contributed by atoms with Gasteiger partial charge in [-0.3, -0.25) is 9.59 Å². The summed E-state index contributed by atoms with van der Waals surface area (Å²) in [6.07, 6.45) is 0. The van der Waals surface area contributed by atoms with Crippen LogP contribution in [0.4, 0.5) is 0 Å². The van der Waals surface area contributed by atoms with Crippen LogP contribution in [0.1, 0.15) is 18.5 Å². The largest absolute Gasteiger partial charge is 0.348 e. The zero-order chi connectivity index (χ0) is 13.5. The van der Waals surface area contributed by atoms with Gasteiger partial charge in [0.15, 0.2) is 0 Å². The maximum Gasteiger partial charge on any atom is 0.239 e. The molecule has 0 saturated heterocycles.